The summed E-state index contributed by atoms with van der Waals surface area (Å²) in [6.07, 6.45) is 1.34. The van der Waals surface area contributed by atoms with Crippen LogP contribution in [0.5, 0.6) is 5.75 Å². The highest BCUT2D eigenvalue weighted by molar-refractivity contribution is 8.18. The Morgan fingerprint density at radius 3 is 2.31 bits per heavy atom. The van der Waals surface area contributed by atoms with Gasteiger partial charge in [0.1, 0.15) is 12.1 Å². The van der Waals surface area contributed by atoms with Crippen molar-refractivity contribution in [3.8, 4) is 5.75 Å². The molecule has 172 valence electrons. The van der Waals surface area contributed by atoms with Crippen molar-refractivity contribution in [2.24, 2.45) is 0 Å². The minimum atomic E-state index is -2.69. The average Bonchev–Trinajstić information content (AvgIpc) is 3.07. The van der Waals surface area contributed by atoms with Crippen LogP contribution >= 0.6 is 29.5 Å². The van der Waals surface area contributed by atoms with E-state index in [2.05, 4.69) is 35.6 Å². The van der Waals surface area contributed by atoms with Gasteiger partial charge >= 0.3 is 6.09 Å². The molecule has 1 unspecified atom stereocenters. The third kappa shape index (κ3) is 4.28. The molecule has 2 heterocycles. The molecule has 2 aromatic carbocycles. The smallest absolute Gasteiger partial charge is 0.409 e. The summed E-state index contributed by atoms with van der Waals surface area (Å²) >= 11 is 19.0. The second-order valence-corrected chi connectivity index (χ2v) is 12.9. The fourth-order valence-corrected chi connectivity index (χ4v) is 9.13. The van der Waals surface area contributed by atoms with Gasteiger partial charge in [0.2, 0.25) is 0 Å². The first-order chi connectivity index (χ1) is 15.4. The third-order valence-corrected chi connectivity index (χ3v) is 11.8. The van der Waals surface area contributed by atoms with Gasteiger partial charge < -0.3 is 9.64 Å². The van der Waals surface area contributed by atoms with Gasteiger partial charge in [-0.2, -0.15) is 0 Å². The van der Waals surface area contributed by atoms with Crippen LogP contribution in [0.4, 0.5) is 16.2 Å². The van der Waals surface area contributed by atoms with E-state index in [0.29, 0.717) is 21.5 Å². The molecule has 2 aliphatic heterocycles. The van der Waals surface area contributed by atoms with Gasteiger partial charge in [-0.15, -0.1) is 0 Å². The van der Waals surface area contributed by atoms with Crippen molar-refractivity contribution in [2.75, 3.05) is 35.7 Å². The number of ether oxygens (including phenoxy) is 1. The predicted octanol–water partition coefficient (Wildman–Crippen LogP) is 6.67. The highest BCUT2D eigenvalue weighted by Crippen LogP contribution is 2.59. The molecule has 5 nitrogen and oxygen atoms in total. The Morgan fingerprint density at radius 1 is 1.00 bits per heavy atom. The lowest BCUT2D eigenvalue weighted by atomic mass is 10.2. The Morgan fingerprint density at radius 2 is 1.69 bits per heavy atom. The summed E-state index contributed by atoms with van der Waals surface area (Å²) in [5.41, 5.74) is 1.65. The zero-order valence-corrected chi connectivity index (χ0v) is 21.6. The maximum atomic E-state index is 13.5. The van der Waals surface area contributed by atoms with E-state index in [1.54, 1.807) is 22.9 Å². The van der Waals surface area contributed by atoms with Crippen LogP contribution in [0.15, 0.2) is 36.4 Å². The number of amides is 1. The van der Waals surface area contributed by atoms with Crippen LogP contribution in [-0.4, -0.2) is 36.9 Å². The summed E-state index contributed by atoms with van der Waals surface area (Å²) in [5.74, 6) is 0.572. The largest absolute Gasteiger partial charge is 0.424 e. The summed E-state index contributed by atoms with van der Waals surface area (Å²) in [6.45, 7) is 7.70. The minimum Gasteiger partial charge on any atom is -0.409 e. The monoisotopic (exact) mass is 511 g/mol. The molecule has 1 saturated heterocycles. The van der Waals surface area contributed by atoms with Crippen molar-refractivity contribution in [2.45, 2.75) is 39.5 Å². The molecule has 0 bridgehead atoms. The topological polar surface area (TPSA) is 36.0 Å². The molecular weight excluding hydrogens is 484 g/mol. The fraction of sp³-hybridized carbons (Fsp3) is 0.435. The van der Waals surface area contributed by atoms with Gasteiger partial charge in [-0.1, -0.05) is 47.9 Å². The van der Waals surface area contributed by atoms with Gasteiger partial charge in [0.25, 0.3) is 0 Å². The number of hydrogen-bond acceptors (Lipinski definition) is 4. The Kier molecular flexibility index (Phi) is 7.38. The molecule has 0 spiro atoms. The number of carbonyl (C=O) groups is 1. The first kappa shape index (κ1) is 23.8. The molecule has 0 aliphatic carbocycles. The maximum Gasteiger partial charge on any atom is 0.424 e. The number of benzene rings is 2. The number of nitrogens with zero attached hydrogens (tertiary/aromatic N) is 3. The number of carbonyl (C=O) groups excluding carboxylic acids is 1. The van der Waals surface area contributed by atoms with Gasteiger partial charge in [0, 0.05) is 37.9 Å². The van der Waals surface area contributed by atoms with Gasteiger partial charge in [0.15, 0.2) is 0 Å². The Labute approximate surface area is 205 Å². The molecule has 0 saturated carbocycles. The second kappa shape index (κ2) is 9.90. The van der Waals surface area contributed by atoms with Crippen LogP contribution in [0.1, 0.15) is 39.5 Å². The van der Waals surface area contributed by atoms with E-state index in [9.17, 15) is 4.79 Å². The number of rotatable bonds is 5. The molecule has 1 fully saturated rings. The lowest BCUT2D eigenvalue weighted by Crippen LogP contribution is -2.46. The van der Waals surface area contributed by atoms with Crippen molar-refractivity contribution in [3.63, 3.8) is 0 Å². The van der Waals surface area contributed by atoms with Crippen LogP contribution in [0.3, 0.4) is 0 Å². The molecule has 1 atom stereocenters. The highest BCUT2D eigenvalue weighted by Gasteiger charge is 2.45. The van der Waals surface area contributed by atoms with E-state index >= 15 is 0 Å². The Hall–Kier alpha value is -1.30. The summed E-state index contributed by atoms with van der Waals surface area (Å²) in [5, 5.41) is 1.74. The van der Waals surface area contributed by atoms with Crippen LogP contribution in [0.2, 0.25) is 10.0 Å². The van der Waals surface area contributed by atoms with Crippen molar-refractivity contribution in [1.82, 2.24) is 4.67 Å². The summed E-state index contributed by atoms with van der Waals surface area (Å²) in [6, 6.07) is 11.3. The first-order valence-corrected chi connectivity index (χ1v) is 14.6. The Balaban J connectivity index is 1.88. The van der Waals surface area contributed by atoms with E-state index in [1.165, 1.54) is 12.8 Å². The van der Waals surface area contributed by atoms with Gasteiger partial charge in [-0.25, -0.2) is 9.46 Å². The van der Waals surface area contributed by atoms with Crippen LogP contribution in [0, 0.1) is 0 Å². The van der Waals surface area contributed by atoms with E-state index in [4.69, 9.17) is 39.7 Å². The lowest BCUT2D eigenvalue weighted by Gasteiger charge is -2.45. The van der Waals surface area contributed by atoms with E-state index in [1.807, 2.05) is 6.07 Å². The Bertz CT molecular complexity index is 1060. The minimum absolute atomic E-state index is 0.386. The van der Waals surface area contributed by atoms with Crippen molar-refractivity contribution >= 4 is 64.1 Å². The van der Waals surface area contributed by atoms with E-state index < -0.39 is 12.4 Å². The number of hydrogen-bond donors (Lipinski definition) is 0. The number of halogens is 2. The van der Waals surface area contributed by atoms with E-state index in [0.717, 1.165) is 50.0 Å². The average molecular weight is 512 g/mol. The molecule has 0 radical (unpaired) electrons. The number of anilines is 2. The molecule has 0 aromatic heterocycles. The van der Waals surface area contributed by atoms with Gasteiger partial charge in [-0.3, -0.25) is 4.67 Å². The van der Waals surface area contributed by atoms with Crippen LogP contribution in [0.25, 0.3) is 0 Å². The third-order valence-electron chi connectivity index (χ3n) is 6.14. The van der Waals surface area contributed by atoms with Crippen molar-refractivity contribution < 1.29 is 9.53 Å². The zero-order chi connectivity index (χ0) is 22.9. The summed E-state index contributed by atoms with van der Waals surface area (Å²) in [7, 11) is 0. The zero-order valence-electron chi connectivity index (χ0n) is 18.4. The lowest BCUT2D eigenvalue weighted by molar-refractivity contribution is 0.211. The summed E-state index contributed by atoms with van der Waals surface area (Å²) in [4.78, 5) is 15.7. The molecule has 9 heteroatoms. The quantitative estimate of drug-likeness (QED) is 0.419. The van der Waals surface area contributed by atoms with Crippen molar-refractivity contribution in [3.05, 3.63) is 46.4 Å². The maximum absolute atomic E-state index is 13.5. The predicted molar refractivity (Wildman–Crippen MR) is 139 cm³/mol. The number of fused-ring (bicyclic) bond motifs is 1. The van der Waals surface area contributed by atoms with E-state index in [-0.39, 0.29) is 0 Å². The molecule has 4 rings (SSSR count). The van der Waals surface area contributed by atoms with Gasteiger partial charge in [-0.05, 0) is 57.0 Å². The molecule has 32 heavy (non-hydrogen) atoms. The fourth-order valence-electron chi connectivity index (χ4n) is 4.45. The second-order valence-electron chi connectivity index (χ2n) is 8.01. The standard InChI is InChI=1S/C23H28Cl2N3O2PS/c1-3-26(4-2)17-10-12-22-21(16-17)30-23(29)28(18-9-11-19(24)20(25)15-18)31(22,32)27-13-7-5-6-8-14-27/h9-12,15-16H,3-8,13-14H2,1-2H3. The van der Waals surface area contributed by atoms with Crippen molar-refractivity contribution in [1.29, 1.82) is 0 Å². The van der Waals surface area contributed by atoms with Gasteiger partial charge in [0.05, 0.1) is 21.0 Å². The SMILES string of the molecule is CCN(CC)c1ccc2c(c1)OC(=O)N(c1ccc(Cl)c(Cl)c1)P2(=S)N1CCCCCC1. The molecular formula is C23H28Cl2N3O2PS. The highest BCUT2D eigenvalue weighted by atomic mass is 35.5. The molecule has 2 aliphatic rings. The van der Waals surface area contributed by atoms with Crippen LogP contribution in [-0.2, 0) is 11.8 Å². The normalized spacial score (nSPS) is 21.6. The first-order valence-electron chi connectivity index (χ1n) is 11.1. The summed E-state index contributed by atoms with van der Waals surface area (Å²) < 4.78 is 9.89. The molecule has 1 amide bonds. The molecule has 2 aromatic rings. The molecule has 0 N–H and O–H groups in total. The van der Waals surface area contributed by atoms with Crippen LogP contribution < -0.4 is 19.6 Å².